The SMILES string of the molecule is CN(CCCN)C(=O)c1c(O)cccc1O. The van der Waals surface area contributed by atoms with Gasteiger partial charge in [0, 0.05) is 13.6 Å². The summed E-state index contributed by atoms with van der Waals surface area (Å²) in [5, 5.41) is 19.0. The number of phenolic OH excluding ortho intramolecular Hbond substituents is 2. The molecule has 0 aromatic heterocycles. The van der Waals surface area contributed by atoms with Gasteiger partial charge in [-0.3, -0.25) is 4.79 Å². The van der Waals surface area contributed by atoms with Gasteiger partial charge in [-0.15, -0.1) is 0 Å². The Morgan fingerprint density at radius 3 is 2.44 bits per heavy atom. The average molecular weight is 224 g/mol. The van der Waals surface area contributed by atoms with Crippen molar-refractivity contribution in [1.82, 2.24) is 4.90 Å². The molecule has 0 radical (unpaired) electrons. The van der Waals surface area contributed by atoms with E-state index >= 15 is 0 Å². The molecule has 0 saturated carbocycles. The van der Waals surface area contributed by atoms with Crippen LogP contribution in [0.1, 0.15) is 16.8 Å². The minimum atomic E-state index is -0.413. The second-order valence-corrected chi connectivity index (χ2v) is 3.54. The van der Waals surface area contributed by atoms with E-state index in [0.29, 0.717) is 19.5 Å². The van der Waals surface area contributed by atoms with E-state index in [2.05, 4.69) is 0 Å². The Labute approximate surface area is 94.1 Å². The largest absolute Gasteiger partial charge is 0.507 e. The lowest BCUT2D eigenvalue weighted by molar-refractivity contribution is 0.0788. The molecule has 16 heavy (non-hydrogen) atoms. The van der Waals surface area contributed by atoms with Crippen LogP contribution in [0.3, 0.4) is 0 Å². The zero-order valence-electron chi connectivity index (χ0n) is 9.18. The number of benzene rings is 1. The van der Waals surface area contributed by atoms with Crippen LogP contribution in [0.4, 0.5) is 0 Å². The smallest absolute Gasteiger partial charge is 0.261 e. The molecule has 0 spiro atoms. The number of hydrogen-bond donors (Lipinski definition) is 3. The summed E-state index contributed by atoms with van der Waals surface area (Å²) in [5.41, 5.74) is 5.27. The Kier molecular flexibility index (Phi) is 4.13. The van der Waals surface area contributed by atoms with E-state index in [9.17, 15) is 15.0 Å². The van der Waals surface area contributed by atoms with Gasteiger partial charge >= 0.3 is 0 Å². The second kappa shape index (κ2) is 5.37. The van der Waals surface area contributed by atoms with Gasteiger partial charge in [0.2, 0.25) is 0 Å². The lowest BCUT2D eigenvalue weighted by atomic mass is 10.1. The van der Waals surface area contributed by atoms with E-state index in [1.54, 1.807) is 7.05 Å². The molecule has 1 aromatic carbocycles. The summed E-state index contributed by atoms with van der Waals surface area (Å²) < 4.78 is 0. The first-order valence-electron chi connectivity index (χ1n) is 5.04. The molecule has 0 heterocycles. The van der Waals surface area contributed by atoms with E-state index in [1.165, 1.54) is 23.1 Å². The van der Waals surface area contributed by atoms with Crippen molar-refractivity contribution in [1.29, 1.82) is 0 Å². The normalized spacial score (nSPS) is 10.1. The molecule has 0 unspecified atom stereocenters. The monoisotopic (exact) mass is 224 g/mol. The van der Waals surface area contributed by atoms with Crippen molar-refractivity contribution >= 4 is 5.91 Å². The predicted molar refractivity (Wildman–Crippen MR) is 60.4 cm³/mol. The van der Waals surface area contributed by atoms with Gasteiger partial charge in [-0.1, -0.05) is 6.07 Å². The fraction of sp³-hybridized carbons (Fsp3) is 0.364. The van der Waals surface area contributed by atoms with Crippen molar-refractivity contribution in [3.63, 3.8) is 0 Å². The Balaban J connectivity index is 2.87. The van der Waals surface area contributed by atoms with Gasteiger partial charge in [-0.2, -0.15) is 0 Å². The molecule has 4 N–H and O–H groups in total. The molecule has 0 bridgehead atoms. The Bertz CT molecular complexity index is 359. The third-order valence-electron chi connectivity index (χ3n) is 2.28. The highest BCUT2D eigenvalue weighted by atomic mass is 16.3. The van der Waals surface area contributed by atoms with Crippen LogP contribution in [0.5, 0.6) is 11.5 Å². The van der Waals surface area contributed by atoms with Gasteiger partial charge in [0.1, 0.15) is 17.1 Å². The van der Waals surface area contributed by atoms with Crippen molar-refractivity contribution in [3.8, 4) is 11.5 Å². The average Bonchev–Trinajstić information content (AvgIpc) is 2.25. The Hall–Kier alpha value is -1.75. The topological polar surface area (TPSA) is 86.8 Å². The van der Waals surface area contributed by atoms with Crippen LogP contribution in [-0.4, -0.2) is 41.2 Å². The van der Waals surface area contributed by atoms with Crippen LogP contribution >= 0.6 is 0 Å². The lowest BCUT2D eigenvalue weighted by Gasteiger charge is -2.17. The van der Waals surface area contributed by atoms with Crippen molar-refractivity contribution in [3.05, 3.63) is 23.8 Å². The van der Waals surface area contributed by atoms with Crippen molar-refractivity contribution in [2.24, 2.45) is 5.73 Å². The minimum Gasteiger partial charge on any atom is -0.507 e. The summed E-state index contributed by atoms with van der Waals surface area (Å²) in [6.07, 6.45) is 0.677. The fourth-order valence-corrected chi connectivity index (χ4v) is 1.37. The summed E-state index contributed by atoms with van der Waals surface area (Å²) in [7, 11) is 1.60. The number of carbonyl (C=O) groups is 1. The fourth-order valence-electron chi connectivity index (χ4n) is 1.37. The van der Waals surface area contributed by atoms with Crippen molar-refractivity contribution in [2.75, 3.05) is 20.1 Å². The first-order chi connectivity index (χ1) is 7.57. The molecule has 0 aliphatic carbocycles. The highest BCUT2D eigenvalue weighted by Crippen LogP contribution is 2.27. The molecule has 0 aliphatic heterocycles. The summed E-state index contributed by atoms with van der Waals surface area (Å²) >= 11 is 0. The maximum absolute atomic E-state index is 11.9. The molecule has 5 nitrogen and oxygen atoms in total. The van der Waals surface area contributed by atoms with Gasteiger partial charge in [0.15, 0.2) is 0 Å². The highest BCUT2D eigenvalue weighted by Gasteiger charge is 2.19. The van der Waals surface area contributed by atoms with Gasteiger partial charge in [-0.05, 0) is 25.1 Å². The zero-order valence-corrected chi connectivity index (χ0v) is 9.18. The minimum absolute atomic E-state index is 0.0676. The van der Waals surface area contributed by atoms with E-state index < -0.39 is 5.91 Å². The molecular weight excluding hydrogens is 208 g/mol. The summed E-state index contributed by atoms with van der Waals surface area (Å²) in [5.74, 6) is -0.849. The first-order valence-corrected chi connectivity index (χ1v) is 5.04. The van der Waals surface area contributed by atoms with Gasteiger partial charge in [-0.25, -0.2) is 0 Å². The highest BCUT2D eigenvalue weighted by molar-refractivity contribution is 5.99. The van der Waals surface area contributed by atoms with Gasteiger partial charge in [0.25, 0.3) is 5.91 Å². The van der Waals surface area contributed by atoms with Crippen LogP contribution in [0.25, 0.3) is 0 Å². The number of rotatable bonds is 4. The number of nitrogens with two attached hydrogens (primary N) is 1. The molecule has 88 valence electrons. The number of nitrogens with zero attached hydrogens (tertiary/aromatic N) is 1. The van der Waals surface area contributed by atoms with Gasteiger partial charge < -0.3 is 20.8 Å². The molecule has 0 saturated heterocycles. The molecule has 0 fully saturated rings. The van der Waals surface area contributed by atoms with E-state index in [0.717, 1.165) is 0 Å². The number of amides is 1. The molecule has 1 rings (SSSR count). The molecule has 1 amide bonds. The van der Waals surface area contributed by atoms with Crippen LogP contribution in [0.15, 0.2) is 18.2 Å². The van der Waals surface area contributed by atoms with E-state index in [4.69, 9.17) is 5.73 Å². The quantitative estimate of drug-likeness (QED) is 0.695. The predicted octanol–water partition coefficient (Wildman–Crippen LogP) is 0.519. The Morgan fingerprint density at radius 1 is 1.38 bits per heavy atom. The number of hydrogen-bond acceptors (Lipinski definition) is 4. The molecular formula is C11H16N2O3. The van der Waals surface area contributed by atoms with Gasteiger partial charge in [0.05, 0.1) is 0 Å². The molecule has 0 atom stereocenters. The first kappa shape index (κ1) is 12.3. The second-order valence-electron chi connectivity index (χ2n) is 3.54. The summed E-state index contributed by atoms with van der Waals surface area (Å²) in [6, 6.07) is 4.20. The van der Waals surface area contributed by atoms with Crippen molar-refractivity contribution < 1.29 is 15.0 Å². The van der Waals surface area contributed by atoms with Crippen molar-refractivity contribution in [2.45, 2.75) is 6.42 Å². The molecule has 1 aromatic rings. The zero-order chi connectivity index (χ0) is 12.1. The van der Waals surface area contributed by atoms with E-state index in [1.807, 2.05) is 0 Å². The molecule has 0 aliphatic rings. The summed E-state index contributed by atoms with van der Waals surface area (Å²) in [6.45, 7) is 0.980. The number of carbonyl (C=O) groups excluding carboxylic acids is 1. The maximum Gasteiger partial charge on any atom is 0.261 e. The molecule has 5 heteroatoms. The van der Waals surface area contributed by atoms with Crippen LogP contribution in [-0.2, 0) is 0 Å². The van der Waals surface area contributed by atoms with Crippen LogP contribution in [0, 0.1) is 0 Å². The standard InChI is InChI=1S/C11H16N2O3/c1-13(7-3-6-12)11(16)10-8(14)4-2-5-9(10)15/h2,4-5,14-15H,3,6-7,12H2,1H3. The number of aromatic hydroxyl groups is 2. The third-order valence-corrected chi connectivity index (χ3v) is 2.28. The number of phenols is 2. The van der Waals surface area contributed by atoms with Crippen LogP contribution < -0.4 is 5.73 Å². The summed E-state index contributed by atoms with van der Waals surface area (Å²) in [4.78, 5) is 13.3. The van der Waals surface area contributed by atoms with E-state index in [-0.39, 0.29) is 17.1 Å². The maximum atomic E-state index is 11.9. The third kappa shape index (κ3) is 2.64. The lowest BCUT2D eigenvalue weighted by Crippen LogP contribution is -2.29. The van der Waals surface area contributed by atoms with Crippen LogP contribution in [0.2, 0.25) is 0 Å². The Morgan fingerprint density at radius 2 is 1.94 bits per heavy atom.